The molecular weight excluding hydrogens is 200 g/mol. The van der Waals surface area contributed by atoms with Gasteiger partial charge in [0.25, 0.3) is 0 Å². The van der Waals surface area contributed by atoms with Gasteiger partial charge in [-0.05, 0) is 32.4 Å². The number of hydrogen-bond acceptors (Lipinski definition) is 3. The molecule has 0 bridgehead atoms. The molecule has 3 N–H and O–H groups in total. The van der Waals surface area contributed by atoms with Crippen molar-refractivity contribution >= 4 is 11.7 Å². The second-order valence-electron chi connectivity index (χ2n) is 4.21. The molecule has 0 amide bonds. The fourth-order valence-electron chi connectivity index (χ4n) is 1.63. The van der Waals surface area contributed by atoms with Gasteiger partial charge in [0, 0.05) is 25.2 Å². The zero-order valence-electron chi connectivity index (χ0n) is 10.2. The number of nitrogens with zero attached hydrogens (tertiary/aromatic N) is 2. The van der Waals surface area contributed by atoms with E-state index < -0.39 is 0 Å². The molecule has 1 aromatic heterocycles. The van der Waals surface area contributed by atoms with Crippen LogP contribution in [0.15, 0.2) is 18.3 Å². The summed E-state index contributed by atoms with van der Waals surface area (Å²) in [5, 5.41) is 7.28. The van der Waals surface area contributed by atoms with Crippen LogP contribution in [0.2, 0.25) is 0 Å². The number of aromatic nitrogens is 1. The molecule has 1 aromatic rings. The van der Waals surface area contributed by atoms with Crippen molar-refractivity contribution in [2.75, 3.05) is 11.4 Å². The summed E-state index contributed by atoms with van der Waals surface area (Å²) < 4.78 is 0. The van der Waals surface area contributed by atoms with Gasteiger partial charge in [0.05, 0.1) is 5.84 Å². The summed E-state index contributed by atoms with van der Waals surface area (Å²) in [4.78, 5) is 6.57. The maximum atomic E-state index is 7.28. The van der Waals surface area contributed by atoms with Crippen LogP contribution in [-0.4, -0.2) is 23.4 Å². The Morgan fingerprint density at radius 2 is 2.25 bits per heavy atom. The summed E-state index contributed by atoms with van der Waals surface area (Å²) >= 11 is 0. The SMILES string of the molecule is Cc1cccnc1N(CCC(=N)N)C(C)C. The summed E-state index contributed by atoms with van der Waals surface area (Å²) in [6.07, 6.45) is 2.37. The lowest BCUT2D eigenvalue weighted by Crippen LogP contribution is -2.35. The van der Waals surface area contributed by atoms with Gasteiger partial charge in [-0.3, -0.25) is 5.41 Å². The highest BCUT2D eigenvalue weighted by Crippen LogP contribution is 2.18. The first-order chi connectivity index (χ1) is 7.52. The number of pyridine rings is 1. The van der Waals surface area contributed by atoms with E-state index in [0.29, 0.717) is 12.5 Å². The lowest BCUT2D eigenvalue weighted by Gasteiger charge is -2.28. The van der Waals surface area contributed by atoms with Gasteiger partial charge in [0.2, 0.25) is 0 Å². The molecule has 88 valence electrons. The van der Waals surface area contributed by atoms with E-state index in [1.807, 2.05) is 19.1 Å². The summed E-state index contributed by atoms with van der Waals surface area (Å²) in [5.41, 5.74) is 6.55. The molecule has 0 aliphatic heterocycles. The number of hydrogen-bond donors (Lipinski definition) is 2. The minimum absolute atomic E-state index is 0.222. The summed E-state index contributed by atoms with van der Waals surface area (Å²) in [6, 6.07) is 4.33. The van der Waals surface area contributed by atoms with Crippen molar-refractivity contribution in [3.05, 3.63) is 23.9 Å². The van der Waals surface area contributed by atoms with E-state index in [9.17, 15) is 0 Å². The average molecular weight is 220 g/mol. The lowest BCUT2D eigenvalue weighted by molar-refractivity contribution is 0.677. The van der Waals surface area contributed by atoms with Crippen LogP contribution in [0.3, 0.4) is 0 Å². The van der Waals surface area contributed by atoms with E-state index in [-0.39, 0.29) is 5.84 Å². The van der Waals surface area contributed by atoms with Crippen LogP contribution in [0.5, 0.6) is 0 Å². The molecule has 4 nitrogen and oxygen atoms in total. The van der Waals surface area contributed by atoms with Crippen molar-refractivity contribution in [2.24, 2.45) is 5.73 Å². The van der Waals surface area contributed by atoms with Gasteiger partial charge in [0.1, 0.15) is 5.82 Å². The molecule has 0 saturated heterocycles. The van der Waals surface area contributed by atoms with E-state index >= 15 is 0 Å². The monoisotopic (exact) mass is 220 g/mol. The highest BCUT2D eigenvalue weighted by Gasteiger charge is 2.13. The van der Waals surface area contributed by atoms with Crippen molar-refractivity contribution in [2.45, 2.75) is 33.2 Å². The second kappa shape index (κ2) is 5.49. The smallest absolute Gasteiger partial charge is 0.131 e. The van der Waals surface area contributed by atoms with Crippen molar-refractivity contribution in [3.63, 3.8) is 0 Å². The summed E-state index contributed by atoms with van der Waals surface area (Å²) in [7, 11) is 0. The van der Waals surface area contributed by atoms with Gasteiger partial charge in [-0.2, -0.15) is 0 Å². The standard InChI is InChI=1S/C12H20N4/c1-9(2)16(8-6-11(13)14)12-10(3)5-4-7-15-12/h4-5,7,9H,6,8H2,1-3H3,(H3,13,14). The molecule has 0 aromatic carbocycles. The van der Waals surface area contributed by atoms with E-state index in [4.69, 9.17) is 11.1 Å². The normalized spacial score (nSPS) is 10.5. The average Bonchev–Trinajstić information content (AvgIpc) is 2.20. The minimum Gasteiger partial charge on any atom is -0.388 e. The molecule has 0 unspecified atom stereocenters. The first-order valence-corrected chi connectivity index (χ1v) is 5.53. The predicted molar refractivity (Wildman–Crippen MR) is 68.0 cm³/mol. The molecule has 0 radical (unpaired) electrons. The Hall–Kier alpha value is -1.58. The van der Waals surface area contributed by atoms with Gasteiger partial charge >= 0.3 is 0 Å². The highest BCUT2D eigenvalue weighted by atomic mass is 15.2. The van der Waals surface area contributed by atoms with Gasteiger partial charge in [-0.15, -0.1) is 0 Å². The van der Waals surface area contributed by atoms with Gasteiger partial charge in [-0.25, -0.2) is 4.98 Å². The predicted octanol–water partition coefficient (Wildman–Crippen LogP) is 1.93. The van der Waals surface area contributed by atoms with Crippen LogP contribution >= 0.6 is 0 Å². The van der Waals surface area contributed by atoms with Crippen LogP contribution in [0, 0.1) is 12.3 Å². The maximum Gasteiger partial charge on any atom is 0.131 e. The van der Waals surface area contributed by atoms with Crippen LogP contribution in [-0.2, 0) is 0 Å². The number of nitrogens with two attached hydrogens (primary N) is 1. The van der Waals surface area contributed by atoms with Gasteiger partial charge in [-0.1, -0.05) is 6.07 Å². The van der Waals surface area contributed by atoms with Crippen molar-refractivity contribution in [3.8, 4) is 0 Å². The first kappa shape index (κ1) is 12.5. The number of aryl methyl sites for hydroxylation is 1. The molecule has 4 heteroatoms. The molecule has 1 heterocycles. The third kappa shape index (κ3) is 3.22. The second-order valence-corrected chi connectivity index (χ2v) is 4.21. The topological polar surface area (TPSA) is 66.0 Å². The molecule has 1 rings (SSSR count). The Morgan fingerprint density at radius 1 is 1.56 bits per heavy atom. The number of rotatable bonds is 5. The largest absolute Gasteiger partial charge is 0.388 e. The van der Waals surface area contributed by atoms with E-state index in [1.165, 1.54) is 0 Å². The molecule has 0 atom stereocenters. The Labute approximate surface area is 97.0 Å². The highest BCUT2D eigenvalue weighted by molar-refractivity contribution is 5.77. The van der Waals surface area contributed by atoms with Crippen LogP contribution in [0.1, 0.15) is 25.8 Å². The number of nitrogens with one attached hydrogen (secondary N) is 1. The van der Waals surface area contributed by atoms with E-state index in [2.05, 4.69) is 23.7 Å². The lowest BCUT2D eigenvalue weighted by atomic mass is 10.2. The summed E-state index contributed by atoms with van der Waals surface area (Å²) in [5.74, 6) is 1.21. The van der Waals surface area contributed by atoms with Crippen molar-refractivity contribution < 1.29 is 0 Å². The van der Waals surface area contributed by atoms with Crippen LogP contribution in [0.4, 0.5) is 5.82 Å². The quantitative estimate of drug-likeness (QED) is 0.588. The molecule has 16 heavy (non-hydrogen) atoms. The fourth-order valence-corrected chi connectivity index (χ4v) is 1.63. The molecular formula is C12H20N4. The minimum atomic E-state index is 0.222. The third-order valence-corrected chi connectivity index (χ3v) is 2.50. The Bertz CT molecular complexity index is 360. The van der Waals surface area contributed by atoms with Crippen LogP contribution < -0.4 is 10.6 Å². The van der Waals surface area contributed by atoms with Gasteiger partial charge in [0.15, 0.2) is 0 Å². The van der Waals surface area contributed by atoms with E-state index in [1.54, 1.807) is 6.20 Å². The van der Waals surface area contributed by atoms with Crippen molar-refractivity contribution in [1.82, 2.24) is 4.98 Å². The van der Waals surface area contributed by atoms with Gasteiger partial charge < -0.3 is 10.6 Å². The summed E-state index contributed by atoms with van der Waals surface area (Å²) in [6.45, 7) is 7.03. The zero-order chi connectivity index (χ0) is 12.1. The molecule has 0 aliphatic rings. The first-order valence-electron chi connectivity index (χ1n) is 5.53. The molecule has 0 aliphatic carbocycles. The Kier molecular flexibility index (Phi) is 4.28. The van der Waals surface area contributed by atoms with E-state index in [0.717, 1.165) is 17.9 Å². The van der Waals surface area contributed by atoms with Crippen molar-refractivity contribution in [1.29, 1.82) is 5.41 Å². The number of anilines is 1. The molecule has 0 spiro atoms. The Morgan fingerprint density at radius 3 is 2.75 bits per heavy atom. The third-order valence-electron chi connectivity index (χ3n) is 2.50. The fraction of sp³-hybridized carbons (Fsp3) is 0.500. The maximum absolute atomic E-state index is 7.28. The zero-order valence-corrected chi connectivity index (χ0v) is 10.2. The van der Waals surface area contributed by atoms with Crippen LogP contribution in [0.25, 0.3) is 0 Å². The Balaban J connectivity index is 2.85. The molecule has 0 fully saturated rings. The number of amidine groups is 1. The molecule has 0 saturated carbocycles.